The van der Waals surface area contributed by atoms with Crippen LogP contribution in [-0.2, 0) is 18.9 Å². The van der Waals surface area contributed by atoms with E-state index in [2.05, 4.69) is 0 Å². The van der Waals surface area contributed by atoms with E-state index in [0.29, 0.717) is 0 Å². The topological polar surface area (TPSA) is 179 Å². The molecule has 0 amide bonds. The van der Waals surface area contributed by atoms with E-state index in [-0.39, 0.29) is 0 Å². The van der Waals surface area contributed by atoms with Gasteiger partial charge in [-0.05, 0) is 0 Å². The van der Waals surface area contributed by atoms with Crippen molar-refractivity contribution in [3.63, 3.8) is 0 Å². The summed E-state index contributed by atoms with van der Waals surface area (Å²) in [4.78, 5) is 0. The quantitative estimate of drug-likeness (QED) is 0.251. The lowest BCUT2D eigenvalue weighted by molar-refractivity contribution is -0.395. The molecule has 0 unspecified atom stereocenters. The molecule has 0 saturated carbocycles. The standard InChI is InChI=1S/C13H24O11/c1-21-12-9(19)10(8(18)6(2-14)23-12)24-13(4-15)11(20)7(17)5(16)3-22-13/h5-12,14-20H,2-4H2,1H3/t5-,6+,7-,8+,9+,10-,11+,12+,13-/m0/s1. The third-order valence-corrected chi connectivity index (χ3v) is 4.28. The number of methoxy groups -OCH3 is 1. The van der Waals surface area contributed by atoms with Crippen LogP contribution in [0.2, 0.25) is 0 Å². The molecule has 0 aromatic heterocycles. The van der Waals surface area contributed by atoms with Gasteiger partial charge in [0.25, 0.3) is 0 Å². The molecule has 2 aliphatic heterocycles. The van der Waals surface area contributed by atoms with E-state index >= 15 is 0 Å². The highest BCUT2D eigenvalue weighted by atomic mass is 16.7. The maximum atomic E-state index is 10.2. The van der Waals surface area contributed by atoms with Gasteiger partial charge >= 0.3 is 0 Å². The molecule has 0 spiro atoms. The lowest BCUT2D eigenvalue weighted by Crippen LogP contribution is -2.69. The number of ether oxygens (including phenoxy) is 4. The molecule has 2 saturated heterocycles. The van der Waals surface area contributed by atoms with E-state index in [1.54, 1.807) is 0 Å². The highest BCUT2D eigenvalue weighted by molar-refractivity contribution is 4.97. The number of aliphatic hydroxyl groups excluding tert-OH is 7. The second kappa shape index (κ2) is 7.85. The van der Waals surface area contributed by atoms with E-state index in [4.69, 9.17) is 18.9 Å². The summed E-state index contributed by atoms with van der Waals surface area (Å²) >= 11 is 0. The van der Waals surface area contributed by atoms with Crippen LogP contribution >= 0.6 is 0 Å². The van der Waals surface area contributed by atoms with Crippen molar-refractivity contribution in [1.82, 2.24) is 0 Å². The predicted octanol–water partition coefficient (Wildman–Crippen LogP) is -4.74. The molecule has 0 aromatic carbocycles. The van der Waals surface area contributed by atoms with Crippen LogP contribution in [0.5, 0.6) is 0 Å². The minimum absolute atomic E-state index is 0.453. The molecular formula is C13H24O11. The lowest BCUT2D eigenvalue weighted by atomic mass is 9.94. The Morgan fingerprint density at radius 2 is 1.71 bits per heavy atom. The van der Waals surface area contributed by atoms with Gasteiger partial charge in [0.15, 0.2) is 6.29 Å². The van der Waals surface area contributed by atoms with E-state index in [1.807, 2.05) is 0 Å². The smallest absolute Gasteiger partial charge is 0.221 e. The van der Waals surface area contributed by atoms with Crippen molar-refractivity contribution >= 4 is 0 Å². The average Bonchev–Trinajstić information content (AvgIpc) is 2.59. The highest BCUT2D eigenvalue weighted by Gasteiger charge is 2.55. The Hall–Kier alpha value is -0.440. The molecule has 24 heavy (non-hydrogen) atoms. The van der Waals surface area contributed by atoms with Crippen molar-refractivity contribution in [2.24, 2.45) is 0 Å². The monoisotopic (exact) mass is 356 g/mol. The Balaban J connectivity index is 2.24. The molecule has 2 rings (SSSR count). The summed E-state index contributed by atoms with van der Waals surface area (Å²) in [7, 11) is 1.23. The van der Waals surface area contributed by atoms with Crippen LogP contribution in [0.15, 0.2) is 0 Å². The molecule has 0 radical (unpaired) electrons. The largest absolute Gasteiger partial charge is 0.394 e. The van der Waals surface area contributed by atoms with Crippen LogP contribution in [0.1, 0.15) is 0 Å². The molecule has 2 heterocycles. The van der Waals surface area contributed by atoms with Gasteiger partial charge in [0.1, 0.15) is 49.3 Å². The summed E-state index contributed by atoms with van der Waals surface area (Å²) < 4.78 is 20.6. The van der Waals surface area contributed by atoms with Gasteiger partial charge in [-0.25, -0.2) is 0 Å². The first-order valence-corrected chi connectivity index (χ1v) is 7.43. The third-order valence-electron chi connectivity index (χ3n) is 4.28. The van der Waals surface area contributed by atoms with Crippen molar-refractivity contribution in [3.05, 3.63) is 0 Å². The first-order chi connectivity index (χ1) is 11.3. The van der Waals surface area contributed by atoms with Gasteiger partial charge in [0.05, 0.1) is 13.2 Å². The third kappa shape index (κ3) is 3.43. The maximum Gasteiger partial charge on any atom is 0.221 e. The van der Waals surface area contributed by atoms with E-state index < -0.39 is 74.6 Å². The summed E-state index contributed by atoms with van der Waals surface area (Å²) in [6.45, 7) is -1.99. The lowest BCUT2D eigenvalue weighted by Gasteiger charge is -2.49. The molecule has 2 fully saturated rings. The van der Waals surface area contributed by atoms with Crippen molar-refractivity contribution in [2.75, 3.05) is 26.9 Å². The molecule has 0 aromatic rings. The van der Waals surface area contributed by atoms with Crippen LogP contribution in [0, 0.1) is 0 Å². The second-order valence-electron chi connectivity index (χ2n) is 5.81. The Bertz CT molecular complexity index is 393. The molecule has 2 aliphatic rings. The maximum absolute atomic E-state index is 10.2. The fraction of sp³-hybridized carbons (Fsp3) is 1.00. The van der Waals surface area contributed by atoms with Gasteiger partial charge in [-0.1, -0.05) is 0 Å². The zero-order valence-corrected chi connectivity index (χ0v) is 13.0. The van der Waals surface area contributed by atoms with E-state index in [0.717, 1.165) is 0 Å². The zero-order valence-electron chi connectivity index (χ0n) is 13.0. The summed E-state index contributed by atoms with van der Waals surface area (Å²) in [5.74, 6) is -2.19. The van der Waals surface area contributed by atoms with Gasteiger partial charge in [0.2, 0.25) is 5.79 Å². The normalized spacial score (nSPS) is 50.0. The Labute approximate surface area is 137 Å². The summed E-state index contributed by atoms with van der Waals surface area (Å²) in [5, 5.41) is 68.7. The Morgan fingerprint density at radius 3 is 2.25 bits per heavy atom. The van der Waals surface area contributed by atoms with Crippen LogP contribution in [0.25, 0.3) is 0 Å². The first-order valence-electron chi connectivity index (χ1n) is 7.43. The second-order valence-corrected chi connectivity index (χ2v) is 5.81. The molecule has 9 atom stereocenters. The number of aliphatic hydroxyl groups is 7. The molecule has 0 aliphatic carbocycles. The first kappa shape index (κ1) is 19.9. The number of hydrogen-bond donors (Lipinski definition) is 7. The molecular weight excluding hydrogens is 332 g/mol. The molecule has 11 nitrogen and oxygen atoms in total. The van der Waals surface area contributed by atoms with Crippen molar-refractivity contribution in [2.45, 2.75) is 54.8 Å². The van der Waals surface area contributed by atoms with Crippen LogP contribution in [-0.4, -0.2) is 117 Å². The van der Waals surface area contributed by atoms with Crippen LogP contribution in [0.3, 0.4) is 0 Å². The Morgan fingerprint density at radius 1 is 1.04 bits per heavy atom. The van der Waals surface area contributed by atoms with Gasteiger partial charge in [-0.3, -0.25) is 0 Å². The molecule has 142 valence electrons. The highest BCUT2D eigenvalue weighted by Crippen LogP contribution is 2.33. The van der Waals surface area contributed by atoms with Gasteiger partial charge in [-0.2, -0.15) is 0 Å². The minimum Gasteiger partial charge on any atom is -0.394 e. The summed E-state index contributed by atoms with van der Waals surface area (Å²) in [6, 6.07) is 0. The zero-order chi connectivity index (χ0) is 18.1. The van der Waals surface area contributed by atoms with Crippen molar-refractivity contribution in [1.29, 1.82) is 0 Å². The van der Waals surface area contributed by atoms with Gasteiger partial charge < -0.3 is 54.7 Å². The molecule has 7 N–H and O–H groups in total. The van der Waals surface area contributed by atoms with Crippen LogP contribution in [0.4, 0.5) is 0 Å². The SMILES string of the molecule is CO[C@@H]1O[C@H](CO)[C@@H](O)[C@H](O[C@]2(CO)OC[C@H](O)[C@H](O)[C@H]2O)[C@H]1O. The van der Waals surface area contributed by atoms with Crippen molar-refractivity contribution in [3.8, 4) is 0 Å². The summed E-state index contributed by atoms with van der Waals surface area (Å²) in [6.07, 6.45) is -11.9. The van der Waals surface area contributed by atoms with Crippen LogP contribution < -0.4 is 0 Å². The number of rotatable bonds is 5. The van der Waals surface area contributed by atoms with Gasteiger partial charge in [0, 0.05) is 7.11 Å². The molecule has 0 bridgehead atoms. The fourth-order valence-electron chi connectivity index (χ4n) is 2.78. The summed E-state index contributed by atoms with van der Waals surface area (Å²) in [5.41, 5.74) is 0. The van der Waals surface area contributed by atoms with Crippen molar-refractivity contribution < 1.29 is 54.7 Å². The van der Waals surface area contributed by atoms with E-state index in [9.17, 15) is 35.7 Å². The van der Waals surface area contributed by atoms with E-state index in [1.165, 1.54) is 7.11 Å². The Kier molecular flexibility index (Phi) is 6.50. The van der Waals surface area contributed by atoms with Gasteiger partial charge in [-0.15, -0.1) is 0 Å². The molecule has 11 heteroatoms. The minimum atomic E-state index is -2.19. The number of hydrogen-bond acceptors (Lipinski definition) is 11. The fourth-order valence-corrected chi connectivity index (χ4v) is 2.78. The average molecular weight is 356 g/mol. The predicted molar refractivity (Wildman–Crippen MR) is 73.4 cm³/mol.